The molecule has 1 atom stereocenters. The maximum Gasteiger partial charge on any atom is 0.323 e. The summed E-state index contributed by atoms with van der Waals surface area (Å²) < 4.78 is 34.6. The molecule has 0 radical (unpaired) electrons. The van der Waals surface area contributed by atoms with Crippen molar-refractivity contribution in [3.63, 3.8) is 0 Å². The summed E-state index contributed by atoms with van der Waals surface area (Å²) in [6.07, 6.45) is 1.56. The van der Waals surface area contributed by atoms with Gasteiger partial charge in [-0.15, -0.1) is 0 Å². The normalized spacial score (nSPS) is 11.8. The molecule has 142 valence electrons. The summed E-state index contributed by atoms with van der Waals surface area (Å²) in [4.78, 5) is 11.3. The van der Waals surface area contributed by atoms with E-state index in [-0.39, 0.29) is 10.9 Å². The Kier molecular flexibility index (Phi) is 8.98. The van der Waals surface area contributed by atoms with Gasteiger partial charge in [0, 0.05) is 0 Å². The standard InChI is InChI=1S/C12H17NO2.C7H8O3S/c1-2-6-11(13)12(14)15-9-10-7-4-3-5-8-10;1-6-2-4-7(5-3-6)11(8,9)10/h3-5,7-8,11H,2,6,9,13H2,1H3;2-5H,1H3,(H,8,9,10)/t11-;/m0./s1. The maximum atomic E-state index is 11.4. The van der Waals surface area contributed by atoms with Crippen molar-refractivity contribution in [1.29, 1.82) is 0 Å². The SMILES string of the molecule is CCC[C@H](N)C(=O)OCc1ccccc1.Cc1ccc(S(=O)(=O)O)cc1. The van der Waals surface area contributed by atoms with Gasteiger partial charge in [0.2, 0.25) is 0 Å². The molecule has 0 amide bonds. The van der Waals surface area contributed by atoms with Crippen molar-refractivity contribution in [2.24, 2.45) is 5.73 Å². The van der Waals surface area contributed by atoms with Gasteiger partial charge in [-0.05, 0) is 31.0 Å². The zero-order valence-electron chi connectivity index (χ0n) is 15.0. The number of esters is 1. The van der Waals surface area contributed by atoms with Crippen LogP contribution in [0.3, 0.4) is 0 Å². The largest absolute Gasteiger partial charge is 0.460 e. The van der Waals surface area contributed by atoms with Gasteiger partial charge in [0.05, 0.1) is 4.90 Å². The summed E-state index contributed by atoms with van der Waals surface area (Å²) in [5.74, 6) is -0.319. The monoisotopic (exact) mass is 379 g/mol. The number of hydrogen-bond donors (Lipinski definition) is 2. The third-order valence-corrected chi connectivity index (χ3v) is 4.31. The second kappa shape index (κ2) is 10.7. The van der Waals surface area contributed by atoms with Crippen LogP contribution < -0.4 is 5.73 Å². The zero-order valence-corrected chi connectivity index (χ0v) is 15.8. The number of carbonyl (C=O) groups excluding carboxylic acids is 1. The number of hydrogen-bond acceptors (Lipinski definition) is 5. The molecule has 0 aliphatic rings. The molecule has 2 aromatic carbocycles. The summed E-state index contributed by atoms with van der Waals surface area (Å²) in [6.45, 7) is 4.13. The molecule has 0 saturated heterocycles. The average molecular weight is 379 g/mol. The highest BCUT2D eigenvalue weighted by Crippen LogP contribution is 2.08. The van der Waals surface area contributed by atoms with Crippen LogP contribution in [0.4, 0.5) is 0 Å². The van der Waals surface area contributed by atoms with E-state index in [1.54, 1.807) is 12.1 Å². The van der Waals surface area contributed by atoms with Gasteiger partial charge in [-0.2, -0.15) is 8.42 Å². The second-order valence-electron chi connectivity index (χ2n) is 5.78. The molecular formula is C19H25NO5S. The first kappa shape index (κ1) is 21.8. The summed E-state index contributed by atoms with van der Waals surface area (Å²) in [7, 11) is -4.02. The van der Waals surface area contributed by atoms with Crippen LogP contribution in [-0.4, -0.2) is 25.0 Å². The van der Waals surface area contributed by atoms with Gasteiger partial charge in [-0.1, -0.05) is 61.4 Å². The first-order valence-electron chi connectivity index (χ1n) is 8.24. The first-order valence-corrected chi connectivity index (χ1v) is 9.68. The van der Waals surface area contributed by atoms with Crippen LogP contribution in [0.5, 0.6) is 0 Å². The molecule has 7 heteroatoms. The van der Waals surface area contributed by atoms with Crippen LogP contribution in [0, 0.1) is 6.92 Å². The van der Waals surface area contributed by atoms with Gasteiger partial charge in [-0.3, -0.25) is 9.35 Å². The Labute approximate surface area is 154 Å². The Bertz CT molecular complexity index is 773. The minimum atomic E-state index is -4.02. The predicted molar refractivity (Wildman–Crippen MR) is 100 cm³/mol. The van der Waals surface area contributed by atoms with Crippen molar-refractivity contribution in [3.8, 4) is 0 Å². The Balaban J connectivity index is 0.000000273. The van der Waals surface area contributed by atoms with E-state index in [9.17, 15) is 13.2 Å². The predicted octanol–water partition coefficient (Wildman–Crippen LogP) is 3.10. The molecular weight excluding hydrogens is 354 g/mol. The molecule has 0 aliphatic carbocycles. The Morgan fingerprint density at radius 2 is 1.69 bits per heavy atom. The van der Waals surface area contributed by atoms with Crippen molar-refractivity contribution in [3.05, 3.63) is 65.7 Å². The van der Waals surface area contributed by atoms with E-state index in [0.29, 0.717) is 13.0 Å². The van der Waals surface area contributed by atoms with Crippen LogP contribution in [0.15, 0.2) is 59.5 Å². The van der Waals surface area contributed by atoms with Crippen LogP contribution in [0.25, 0.3) is 0 Å². The summed E-state index contributed by atoms with van der Waals surface area (Å²) in [6, 6.07) is 15.1. The molecule has 0 fully saturated rings. The van der Waals surface area contributed by atoms with E-state index in [1.807, 2.05) is 44.2 Å². The van der Waals surface area contributed by atoms with Crippen molar-refractivity contribution in [1.82, 2.24) is 0 Å². The highest BCUT2D eigenvalue weighted by Gasteiger charge is 2.13. The third kappa shape index (κ3) is 8.24. The summed E-state index contributed by atoms with van der Waals surface area (Å²) in [5.41, 5.74) is 7.55. The number of aryl methyl sites for hydroxylation is 1. The van der Waals surface area contributed by atoms with Crippen LogP contribution in [0.2, 0.25) is 0 Å². The van der Waals surface area contributed by atoms with E-state index in [1.165, 1.54) is 12.1 Å². The molecule has 0 heterocycles. The highest BCUT2D eigenvalue weighted by molar-refractivity contribution is 7.85. The Morgan fingerprint density at radius 3 is 2.19 bits per heavy atom. The minimum absolute atomic E-state index is 0.0666. The number of carbonyl (C=O) groups is 1. The second-order valence-corrected chi connectivity index (χ2v) is 7.20. The molecule has 0 aliphatic heterocycles. The molecule has 2 aromatic rings. The number of rotatable bonds is 6. The fourth-order valence-corrected chi connectivity index (χ4v) is 2.45. The van der Waals surface area contributed by atoms with E-state index in [2.05, 4.69) is 0 Å². The smallest absolute Gasteiger partial charge is 0.323 e. The molecule has 0 aromatic heterocycles. The van der Waals surface area contributed by atoms with E-state index < -0.39 is 16.2 Å². The van der Waals surface area contributed by atoms with Crippen LogP contribution in [-0.2, 0) is 26.3 Å². The van der Waals surface area contributed by atoms with Crippen molar-refractivity contribution >= 4 is 16.1 Å². The summed E-state index contributed by atoms with van der Waals surface area (Å²) >= 11 is 0. The fourth-order valence-electron chi connectivity index (χ4n) is 1.97. The van der Waals surface area contributed by atoms with Crippen molar-refractivity contribution in [2.45, 2.75) is 44.2 Å². The van der Waals surface area contributed by atoms with Crippen LogP contribution in [0.1, 0.15) is 30.9 Å². The van der Waals surface area contributed by atoms with Crippen molar-refractivity contribution in [2.75, 3.05) is 0 Å². The van der Waals surface area contributed by atoms with E-state index >= 15 is 0 Å². The quantitative estimate of drug-likeness (QED) is 0.590. The third-order valence-electron chi connectivity index (χ3n) is 3.45. The van der Waals surface area contributed by atoms with Gasteiger partial charge in [-0.25, -0.2) is 0 Å². The van der Waals surface area contributed by atoms with Gasteiger partial charge in [0.25, 0.3) is 10.1 Å². The molecule has 0 spiro atoms. The lowest BCUT2D eigenvalue weighted by Crippen LogP contribution is -2.31. The number of nitrogens with two attached hydrogens (primary N) is 1. The molecule has 6 nitrogen and oxygen atoms in total. The molecule has 0 unspecified atom stereocenters. The molecule has 26 heavy (non-hydrogen) atoms. The lowest BCUT2D eigenvalue weighted by molar-refractivity contribution is -0.146. The van der Waals surface area contributed by atoms with Crippen molar-refractivity contribution < 1.29 is 22.5 Å². The van der Waals surface area contributed by atoms with E-state index in [4.69, 9.17) is 15.0 Å². The Morgan fingerprint density at radius 1 is 1.12 bits per heavy atom. The fraction of sp³-hybridized carbons (Fsp3) is 0.316. The maximum absolute atomic E-state index is 11.4. The minimum Gasteiger partial charge on any atom is -0.460 e. The highest BCUT2D eigenvalue weighted by atomic mass is 32.2. The molecule has 0 bridgehead atoms. The lowest BCUT2D eigenvalue weighted by atomic mass is 10.2. The topological polar surface area (TPSA) is 107 Å². The zero-order chi connectivity index (χ0) is 19.6. The number of ether oxygens (including phenoxy) is 1. The molecule has 3 N–H and O–H groups in total. The van der Waals surface area contributed by atoms with Crippen LogP contribution >= 0.6 is 0 Å². The van der Waals surface area contributed by atoms with Gasteiger partial charge in [0.15, 0.2) is 0 Å². The lowest BCUT2D eigenvalue weighted by Gasteiger charge is -2.10. The van der Waals surface area contributed by atoms with Gasteiger partial charge >= 0.3 is 5.97 Å². The van der Waals surface area contributed by atoms with Gasteiger partial charge in [0.1, 0.15) is 12.6 Å². The van der Waals surface area contributed by atoms with E-state index in [0.717, 1.165) is 17.5 Å². The molecule has 0 saturated carbocycles. The number of benzene rings is 2. The average Bonchev–Trinajstić information content (AvgIpc) is 2.61. The molecule has 2 rings (SSSR count). The Hall–Kier alpha value is -2.22. The summed E-state index contributed by atoms with van der Waals surface area (Å²) in [5, 5.41) is 0. The van der Waals surface area contributed by atoms with Gasteiger partial charge < -0.3 is 10.5 Å². The first-order chi connectivity index (χ1) is 12.2.